The largest absolute Gasteiger partial charge is 0.497 e. The van der Waals surface area contributed by atoms with E-state index in [2.05, 4.69) is 14.9 Å². The van der Waals surface area contributed by atoms with E-state index in [-0.39, 0.29) is 0 Å². The Morgan fingerprint density at radius 1 is 1.33 bits per heavy atom. The summed E-state index contributed by atoms with van der Waals surface area (Å²) < 4.78 is 12.9. The fourth-order valence-corrected chi connectivity index (χ4v) is 2.86. The van der Waals surface area contributed by atoms with Crippen molar-refractivity contribution in [1.29, 1.82) is 0 Å². The number of hydrogen-bond acceptors (Lipinski definition) is 4. The van der Waals surface area contributed by atoms with Gasteiger partial charge in [0.25, 0.3) is 0 Å². The minimum Gasteiger partial charge on any atom is -0.497 e. The molecule has 0 aliphatic carbocycles. The van der Waals surface area contributed by atoms with Crippen LogP contribution >= 0.6 is 0 Å². The minimum absolute atomic E-state index is 0.414. The van der Waals surface area contributed by atoms with Gasteiger partial charge in [-0.2, -0.15) is 0 Å². The maximum Gasteiger partial charge on any atom is 0.127 e. The molecule has 0 amide bonds. The Hall–Kier alpha value is -2.01. The van der Waals surface area contributed by atoms with Crippen molar-refractivity contribution in [1.82, 2.24) is 14.9 Å². The lowest BCUT2D eigenvalue weighted by atomic mass is 10.1. The summed E-state index contributed by atoms with van der Waals surface area (Å²) in [6, 6.07) is 6.34. The smallest absolute Gasteiger partial charge is 0.127 e. The van der Waals surface area contributed by atoms with Gasteiger partial charge in [-0.1, -0.05) is 0 Å². The first kappa shape index (κ1) is 13.9. The van der Waals surface area contributed by atoms with Crippen LogP contribution in [0.2, 0.25) is 0 Å². The van der Waals surface area contributed by atoms with Gasteiger partial charge >= 0.3 is 0 Å². The van der Waals surface area contributed by atoms with Crippen LogP contribution < -0.4 is 14.8 Å². The highest BCUT2D eigenvalue weighted by Crippen LogP contribution is 2.27. The first-order valence-corrected chi connectivity index (χ1v) is 7.26. The highest BCUT2D eigenvalue weighted by Gasteiger charge is 2.20. The van der Waals surface area contributed by atoms with Crippen molar-refractivity contribution in [2.75, 3.05) is 20.8 Å². The number of rotatable bonds is 5. The first-order chi connectivity index (χ1) is 10.3. The molecule has 0 radical (unpaired) electrons. The van der Waals surface area contributed by atoms with Crippen LogP contribution in [0.4, 0.5) is 0 Å². The summed E-state index contributed by atoms with van der Waals surface area (Å²) in [5, 5.41) is 3.52. The molecule has 2 heterocycles. The maximum atomic E-state index is 5.47. The predicted octanol–water partition coefficient (Wildman–Crippen LogP) is 2.37. The molecule has 1 aliphatic rings. The van der Waals surface area contributed by atoms with Crippen molar-refractivity contribution in [3.8, 4) is 11.5 Å². The van der Waals surface area contributed by atoms with Gasteiger partial charge in [-0.25, -0.2) is 4.98 Å². The highest BCUT2D eigenvalue weighted by atomic mass is 16.5. The lowest BCUT2D eigenvalue weighted by molar-refractivity contribution is 0.390. The molecule has 1 N–H and O–H groups in total. The van der Waals surface area contributed by atoms with Crippen LogP contribution in [0.15, 0.2) is 30.7 Å². The molecular weight excluding hydrogens is 266 g/mol. The van der Waals surface area contributed by atoms with E-state index in [9.17, 15) is 0 Å². The molecule has 3 rings (SSSR count). The summed E-state index contributed by atoms with van der Waals surface area (Å²) in [4.78, 5) is 4.31. The number of imidazole rings is 1. The zero-order chi connectivity index (χ0) is 14.7. The molecule has 0 bridgehead atoms. The third-order valence-corrected chi connectivity index (χ3v) is 4.00. The number of ether oxygens (including phenoxy) is 2. The van der Waals surface area contributed by atoms with Gasteiger partial charge in [-0.3, -0.25) is 0 Å². The van der Waals surface area contributed by atoms with E-state index in [4.69, 9.17) is 9.47 Å². The minimum atomic E-state index is 0.414. The summed E-state index contributed by atoms with van der Waals surface area (Å²) in [6.45, 7) is 1.84. The number of benzene rings is 1. The number of nitrogens with one attached hydrogen (secondary N) is 1. The highest BCUT2D eigenvalue weighted by molar-refractivity contribution is 5.41. The van der Waals surface area contributed by atoms with Gasteiger partial charge in [-0.15, -0.1) is 0 Å². The molecule has 1 unspecified atom stereocenters. The van der Waals surface area contributed by atoms with Crippen LogP contribution in [0, 0.1) is 0 Å². The van der Waals surface area contributed by atoms with Crippen molar-refractivity contribution in [3.05, 3.63) is 42.0 Å². The molecule has 21 heavy (non-hydrogen) atoms. The summed E-state index contributed by atoms with van der Waals surface area (Å²) in [7, 11) is 3.35. The van der Waals surface area contributed by atoms with Crippen molar-refractivity contribution >= 4 is 0 Å². The van der Waals surface area contributed by atoms with E-state index in [1.165, 1.54) is 18.5 Å². The van der Waals surface area contributed by atoms with Gasteiger partial charge < -0.3 is 19.4 Å². The maximum absolute atomic E-state index is 5.47. The lowest BCUT2D eigenvalue weighted by Gasteiger charge is -2.16. The van der Waals surface area contributed by atoms with Crippen LogP contribution in [0.5, 0.6) is 11.5 Å². The van der Waals surface area contributed by atoms with Gasteiger partial charge in [0.2, 0.25) is 0 Å². The fraction of sp³-hybridized carbons (Fsp3) is 0.438. The monoisotopic (exact) mass is 287 g/mol. The van der Waals surface area contributed by atoms with Gasteiger partial charge in [0, 0.05) is 23.9 Å². The second kappa shape index (κ2) is 6.18. The average Bonchev–Trinajstić information content (AvgIpc) is 3.18. The summed E-state index contributed by atoms with van der Waals surface area (Å²) in [6.07, 6.45) is 6.24. The van der Waals surface area contributed by atoms with E-state index in [0.29, 0.717) is 6.04 Å². The molecule has 1 atom stereocenters. The Kier molecular flexibility index (Phi) is 4.10. The van der Waals surface area contributed by atoms with E-state index in [1.807, 2.05) is 30.7 Å². The number of aromatic nitrogens is 2. The van der Waals surface area contributed by atoms with Gasteiger partial charge in [0.1, 0.15) is 11.5 Å². The molecule has 1 saturated heterocycles. The molecule has 1 aromatic heterocycles. The SMILES string of the molecule is COc1ccc(Cn2cncc2C2CCCN2)c(OC)c1. The van der Waals surface area contributed by atoms with Gasteiger partial charge in [0.15, 0.2) is 0 Å². The predicted molar refractivity (Wildman–Crippen MR) is 80.9 cm³/mol. The fourth-order valence-electron chi connectivity index (χ4n) is 2.86. The van der Waals surface area contributed by atoms with E-state index in [1.54, 1.807) is 14.2 Å². The second-order valence-corrected chi connectivity index (χ2v) is 5.27. The Balaban J connectivity index is 1.85. The van der Waals surface area contributed by atoms with E-state index in [0.717, 1.165) is 30.2 Å². The number of methoxy groups -OCH3 is 2. The van der Waals surface area contributed by atoms with Crippen LogP contribution in [0.1, 0.15) is 30.1 Å². The van der Waals surface area contributed by atoms with Crippen LogP contribution in [0.3, 0.4) is 0 Å². The Morgan fingerprint density at radius 3 is 2.95 bits per heavy atom. The molecule has 1 fully saturated rings. The summed E-state index contributed by atoms with van der Waals surface area (Å²) in [5.41, 5.74) is 2.36. The first-order valence-electron chi connectivity index (χ1n) is 7.26. The molecule has 1 aromatic carbocycles. The van der Waals surface area contributed by atoms with Crippen molar-refractivity contribution < 1.29 is 9.47 Å². The van der Waals surface area contributed by atoms with E-state index < -0.39 is 0 Å². The van der Waals surface area contributed by atoms with Gasteiger partial charge in [0.05, 0.1) is 32.8 Å². The topological polar surface area (TPSA) is 48.3 Å². The van der Waals surface area contributed by atoms with Gasteiger partial charge in [-0.05, 0) is 31.5 Å². The molecular formula is C16H21N3O2. The molecule has 2 aromatic rings. The Morgan fingerprint density at radius 2 is 2.24 bits per heavy atom. The van der Waals surface area contributed by atoms with Crippen molar-refractivity contribution in [2.45, 2.75) is 25.4 Å². The Labute approximate surface area is 124 Å². The molecule has 5 nitrogen and oxygen atoms in total. The molecule has 112 valence electrons. The van der Waals surface area contributed by atoms with Crippen LogP contribution in [-0.4, -0.2) is 30.3 Å². The number of nitrogens with zero attached hydrogens (tertiary/aromatic N) is 2. The average molecular weight is 287 g/mol. The van der Waals surface area contributed by atoms with Crippen LogP contribution in [0.25, 0.3) is 0 Å². The van der Waals surface area contributed by atoms with E-state index >= 15 is 0 Å². The third-order valence-electron chi connectivity index (χ3n) is 4.00. The number of hydrogen-bond donors (Lipinski definition) is 1. The lowest BCUT2D eigenvalue weighted by Crippen LogP contribution is -2.17. The van der Waals surface area contributed by atoms with Crippen molar-refractivity contribution in [2.24, 2.45) is 0 Å². The quantitative estimate of drug-likeness (QED) is 0.917. The second-order valence-electron chi connectivity index (χ2n) is 5.27. The standard InChI is InChI=1S/C16H21N3O2/c1-20-13-6-5-12(16(8-13)21-2)10-19-11-17-9-15(19)14-4-3-7-18-14/h5-6,8-9,11,14,18H,3-4,7,10H2,1-2H3. The van der Waals surface area contributed by atoms with Crippen LogP contribution in [-0.2, 0) is 6.54 Å². The summed E-state index contributed by atoms with van der Waals surface area (Å²) >= 11 is 0. The molecule has 1 aliphatic heterocycles. The molecule has 0 saturated carbocycles. The summed E-state index contributed by atoms with van der Waals surface area (Å²) in [5.74, 6) is 1.65. The normalized spacial score (nSPS) is 17.9. The zero-order valence-corrected chi connectivity index (χ0v) is 12.5. The zero-order valence-electron chi connectivity index (χ0n) is 12.5. The van der Waals surface area contributed by atoms with Crippen molar-refractivity contribution in [3.63, 3.8) is 0 Å². The molecule has 5 heteroatoms. The third kappa shape index (κ3) is 2.88. The Bertz CT molecular complexity index is 603. The molecule has 0 spiro atoms.